The SMILES string of the molecule is Cc1c(Cl)cccc1-n1c(CCC(=O)O)ccc1-c1ccc(Cl)cc1. The summed E-state index contributed by atoms with van der Waals surface area (Å²) in [6.07, 6.45) is 0.512. The topological polar surface area (TPSA) is 42.2 Å². The lowest BCUT2D eigenvalue weighted by molar-refractivity contribution is -0.136. The number of nitrogens with zero attached hydrogens (tertiary/aromatic N) is 1. The molecule has 2 aromatic carbocycles. The Hall–Kier alpha value is -2.23. The minimum Gasteiger partial charge on any atom is -0.481 e. The smallest absolute Gasteiger partial charge is 0.303 e. The molecule has 3 aromatic rings. The predicted molar refractivity (Wildman–Crippen MR) is 102 cm³/mol. The van der Waals surface area contributed by atoms with Crippen LogP contribution in [0.25, 0.3) is 16.9 Å². The Morgan fingerprint density at radius 2 is 1.76 bits per heavy atom. The Balaban J connectivity index is 2.17. The molecule has 0 bridgehead atoms. The number of halogens is 2. The van der Waals surface area contributed by atoms with Gasteiger partial charge in [0.1, 0.15) is 0 Å². The molecule has 0 aliphatic rings. The van der Waals surface area contributed by atoms with E-state index in [0.717, 1.165) is 28.2 Å². The van der Waals surface area contributed by atoms with Crippen molar-refractivity contribution in [2.24, 2.45) is 0 Å². The lowest BCUT2D eigenvalue weighted by Gasteiger charge is -2.17. The molecular weight excluding hydrogens is 357 g/mol. The Morgan fingerprint density at radius 3 is 2.44 bits per heavy atom. The first kappa shape index (κ1) is 17.6. The number of aromatic nitrogens is 1. The number of rotatable bonds is 5. The quantitative estimate of drug-likeness (QED) is 0.615. The van der Waals surface area contributed by atoms with Crippen molar-refractivity contribution in [3.05, 3.63) is 75.9 Å². The van der Waals surface area contributed by atoms with Crippen LogP contribution in [0.3, 0.4) is 0 Å². The molecule has 25 heavy (non-hydrogen) atoms. The van der Waals surface area contributed by atoms with Crippen LogP contribution in [0.5, 0.6) is 0 Å². The van der Waals surface area contributed by atoms with Crippen molar-refractivity contribution in [1.29, 1.82) is 0 Å². The maximum absolute atomic E-state index is 11.0. The van der Waals surface area contributed by atoms with Crippen molar-refractivity contribution < 1.29 is 9.90 Å². The zero-order valence-electron chi connectivity index (χ0n) is 13.7. The van der Waals surface area contributed by atoms with Crippen LogP contribution in [-0.4, -0.2) is 15.6 Å². The van der Waals surface area contributed by atoms with Gasteiger partial charge in [0.05, 0.1) is 17.8 Å². The van der Waals surface area contributed by atoms with E-state index in [1.807, 2.05) is 61.5 Å². The Kier molecular flexibility index (Phi) is 5.16. The van der Waals surface area contributed by atoms with Gasteiger partial charge in [-0.2, -0.15) is 0 Å². The molecule has 1 aromatic heterocycles. The summed E-state index contributed by atoms with van der Waals surface area (Å²) in [6.45, 7) is 1.96. The van der Waals surface area contributed by atoms with Crippen LogP contribution >= 0.6 is 23.2 Å². The Bertz CT molecular complexity index is 914. The van der Waals surface area contributed by atoms with E-state index in [9.17, 15) is 4.79 Å². The third kappa shape index (κ3) is 3.73. The maximum atomic E-state index is 11.0. The summed E-state index contributed by atoms with van der Waals surface area (Å²) in [5.41, 5.74) is 4.81. The molecule has 1 heterocycles. The first-order chi connectivity index (χ1) is 12.0. The van der Waals surface area contributed by atoms with Crippen molar-refractivity contribution in [3.8, 4) is 16.9 Å². The standard InChI is InChI=1S/C20H17Cl2NO2/c1-13-17(22)3-2-4-18(13)23-16(10-12-20(24)25)9-11-19(23)14-5-7-15(21)8-6-14/h2-9,11H,10,12H2,1H3,(H,24,25). The van der Waals surface area contributed by atoms with Gasteiger partial charge in [-0.3, -0.25) is 4.79 Å². The average Bonchev–Trinajstić information content (AvgIpc) is 3.00. The van der Waals surface area contributed by atoms with E-state index in [4.69, 9.17) is 28.3 Å². The summed E-state index contributed by atoms with van der Waals surface area (Å²) in [5, 5.41) is 10.4. The maximum Gasteiger partial charge on any atom is 0.303 e. The molecule has 0 saturated heterocycles. The van der Waals surface area contributed by atoms with Crippen molar-refractivity contribution in [2.75, 3.05) is 0 Å². The van der Waals surface area contributed by atoms with Crippen LogP contribution in [0.1, 0.15) is 17.7 Å². The highest BCUT2D eigenvalue weighted by Gasteiger charge is 2.15. The molecular formula is C20H17Cl2NO2. The van der Waals surface area contributed by atoms with E-state index < -0.39 is 5.97 Å². The van der Waals surface area contributed by atoms with Gasteiger partial charge in [-0.1, -0.05) is 41.4 Å². The summed E-state index contributed by atoms with van der Waals surface area (Å²) in [5.74, 6) is -0.816. The van der Waals surface area contributed by atoms with Crippen LogP contribution in [0.4, 0.5) is 0 Å². The molecule has 5 heteroatoms. The number of aryl methyl sites for hydroxylation is 1. The van der Waals surface area contributed by atoms with Crippen molar-refractivity contribution >= 4 is 29.2 Å². The van der Waals surface area contributed by atoms with Gasteiger partial charge in [-0.15, -0.1) is 0 Å². The monoisotopic (exact) mass is 373 g/mol. The Morgan fingerprint density at radius 1 is 1.04 bits per heavy atom. The van der Waals surface area contributed by atoms with E-state index in [2.05, 4.69) is 4.57 Å². The normalized spacial score (nSPS) is 10.8. The fraction of sp³-hybridized carbons (Fsp3) is 0.150. The molecule has 1 N–H and O–H groups in total. The molecule has 0 radical (unpaired) electrons. The number of carboxylic acids is 1. The van der Waals surface area contributed by atoms with E-state index in [0.29, 0.717) is 16.5 Å². The molecule has 3 nitrogen and oxygen atoms in total. The third-order valence-corrected chi connectivity index (χ3v) is 4.84. The number of aliphatic carboxylic acids is 1. The summed E-state index contributed by atoms with van der Waals surface area (Å²) >= 11 is 12.3. The predicted octanol–water partition coefficient (Wildman–Crippen LogP) is 5.78. The van der Waals surface area contributed by atoms with Gasteiger partial charge < -0.3 is 9.67 Å². The second kappa shape index (κ2) is 7.34. The minimum atomic E-state index is -0.816. The molecule has 0 atom stereocenters. The van der Waals surface area contributed by atoms with E-state index in [-0.39, 0.29) is 6.42 Å². The van der Waals surface area contributed by atoms with Crippen LogP contribution in [-0.2, 0) is 11.2 Å². The summed E-state index contributed by atoms with van der Waals surface area (Å²) in [6, 6.07) is 17.3. The van der Waals surface area contributed by atoms with Crippen LogP contribution in [0, 0.1) is 6.92 Å². The van der Waals surface area contributed by atoms with Crippen LogP contribution in [0.15, 0.2) is 54.6 Å². The fourth-order valence-corrected chi connectivity index (χ4v) is 3.17. The molecule has 0 saturated carbocycles. The zero-order valence-corrected chi connectivity index (χ0v) is 15.2. The van der Waals surface area contributed by atoms with E-state index >= 15 is 0 Å². The van der Waals surface area contributed by atoms with Gasteiger partial charge in [0.15, 0.2) is 0 Å². The second-order valence-electron chi connectivity index (χ2n) is 5.83. The fourth-order valence-electron chi connectivity index (χ4n) is 2.88. The molecule has 0 fully saturated rings. The number of hydrogen-bond acceptors (Lipinski definition) is 1. The molecule has 0 aliphatic carbocycles. The van der Waals surface area contributed by atoms with Gasteiger partial charge in [0.2, 0.25) is 0 Å². The number of carbonyl (C=O) groups is 1. The summed E-state index contributed by atoms with van der Waals surface area (Å²) < 4.78 is 2.08. The number of hydrogen-bond donors (Lipinski definition) is 1. The molecule has 0 spiro atoms. The second-order valence-corrected chi connectivity index (χ2v) is 6.67. The lowest BCUT2D eigenvalue weighted by atomic mass is 10.1. The van der Waals surface area contributed by atoms with Crippen molar-refractivity contribution in [2.45, 2.75) is 19.8 Å². The third-order valence-electron chi connectivity index (χ3n) is 4.18. The molecule has 0 amide bonds. The summed E-state index contributed by atoms with van der Waals surface area (Å²) in [7, 11) is 0. The van der Waals surface area contributed by atoms with Gasteiger partial charge in [0, 0.05) is 15.7 Å². The van der Waals surface area contributed by atoms with Crippen LogP contribution in [0.2, 0.25) is 10.0 Å². The Labute approximate surface area is 156 Å². The lowest BCUT2D eigenvalue weighted by Crippen LogP contribution is -2.06. The molecule has 3 rings (SSSR count). The van der Waals surface area contributed by atoms with Crippen LogP contribution < -0.4 is 0 Å². The van der Waals surface area contributed by atoms with Gasteiger partial charge in [0.25, 0.3) is 0 Å². The average molecular weight is 374 g/mol. The van der Waals surface area contributed by atoms with Gasteiger partial charge in [-0.05, 0) is 60.9 Å². The number of benzene rings is 2. The summed E-state index contributed by atoms with van der Waals surface area (Å²) in [4.78, 5) is 11.0. The van der Waals surface area contributed by atoms with E-state index in [1.54, 1.807) is 0 Å². The highest BCUT2D eigenvalue weighted by molar-refractivity contribution is 6.31. The highest BCUT2D eigenvalue weighted by Crippen LogP contribution is 2.31. The van der Waals surface area contributed by atoms with Gasteiger partial charge >= 0.3 is 5.97 Å². The molecule has 0 unspecified atom stereocenters. The molecule has 0 aliphatic heterocycles. The first-order valence-corrected chi connectivity index (χ1v) is 8.67. The van der Waals surface area contributed by atoms with E-state index in [1.165, 1.54) is 0 Å². The van der Waals surface area contributed by atoms with Gasteiger partial charge in [-0.25, -0.2) is 0 Å². The highest BCUT2D eigenvalue weighted by atomic mass is 35.5. The number of carboxylic acid groups (broad SMARTS) is 1. The first-order valence-electron chi connectivity index (χ1n) is 7.91. The van der Waals surface area contributed by atoms with Crippen molar-refractivity contribution in [1.82, 2.24) is 4.57 Å². The minimum absolute atomic E-state index is 0.0731. The van der Waals surface area contributed by atoms with Crippen molar-refractivity contribution in [3.63, 3.8) is 0 Å². The zero-order chi connectivity index (χ0) is 18.0. The molecule has 128 valence electrons. The largest absolute Gasteiger partial charge is 0.481 e.